The highest BCUT2D eigenvalue weighted by atomic mass is 32.1. The van der Waals surface area contributed by atoms with Gasteiger partial charge in [-0.05, 0) is 12.5 Å². The standard InChI is InChI=1S/C15H17N7S/c1-10-8-21(15-20-19-14(16)23-15)9-13-18-17-12(22(10)13)7-11-5-3-2-4-6-11/h2-6,10H,7-9H2,1H3,(H2,16,19)/t10-/m0/s1. The quantitative estimate of drug-likeness (QED) is 0.790. The fourth-order valence-corrected chi connectivity index (χ4v) is 3.63. The number of anilines is 2. The van der Waals surface area contributed by atoms with E-state index in [1.807, 2.05) is 18.2 Å². The van der Waals surface area contributed by atoms with Crippen LogP contribution in [0.5, 0.6) is 0 Å². The first kappa shape index (κ1) is 14.1. The van der Waals surface area contributed by atoms with Gasteiger partial charge in [-0.15, -0.1) is 20.4 Å². The molecule has 4 rings (SSSR count). The maximum Gasteiger partial charge on any atom is 0.210 e. The molecular weight excluding hydrogens is 310 g/mol. The molecule has 8 heteroatoms. The molecule has 0 saturated carbocycles. The van der Waals surface area contributed by atoms with Crippen LogP contribution in [-0.2, 0) is 13.0 Å². The number of nitrogens with two attached hydrogens (primary N) is 1. The van der Waals surface area contributed by atoms with Gasteiger partial charge < -0.3 is 15.2 Å². The molecule has 3 heterocycles. The molecule has 7 nitrogen and oxygen atoms in total. The Hall–Kier alpha value is -2.48. The summed E-state index contributed by atoms with van der Waals surface area (Å²) in [5.74, 6) is 1.97. The van der Waals surface area contributed by atoms with Crippen molar-refractivity contribution in [1.29, 1.82) is 0 Å². The first-order valence-corrected chi connectivity index (χ1v) is 8.33. The number of hydrogen-bond acceptors (Lipinski definition) is 7. The molecule has 0 fully saturated rings. The van der Waals surface area contributed by atoms with Crippen LogP contribution in [0.3, 0.4) is 0 Å². The highest BCUT2D eigenvalue weighted by Crippen LogP contribution is 2.29. The minimum Gasteiger partial charge on any atom is -0.374 e. The van der Waals surface area contributed by atoms with Crippen molar-refractivity contribution in [2.24, 2.45) is 0 Å². The van der Waals surface area contributed by atoms with Gasteiger partial charge in [-0.3, -0.25) is 0 Å². The van der Waals surface area contributed by atoms with Crippen LogP contribution in [0.1, 0.15) is 30.2 Å². The maximum atomic E-state index is 5.69. The van der Waals surface area contributed by atoms with Crippen LogP contribution in [-0.4, -0.2) is 31.5 Å². The zero-order valence-electron chi connectivity index (χ0n) is 12.8. The molecule has 0 unspecified atom stereocenters. The van der Waals surface area contributed by atoms with Gasteiger partial charge in [0.1, 0.15) is 5.82 Å². The zero-order chi connectivity index (χ0) is 15.8. The van der Waals surface area contributed by atoms with E-state index in [1.54, 1.807) is 0 Å². The molecule has 0 amide bonds. The summed E-state index contributed by atoms with van der Waals surface area (Å²) in [7, 11) is 0. The highest BCUT2D eigenvalue weighted by molar-refractivity contribution is 7.18. The Morgan fingerprint density at radius 3 is 2.74 bits per heavy atom. The second kappa shape index (κ2) is 5.62. The van der Waals surface area contributed by atoms with Gasteiger partial charge in [0.15, 0.2) is 5.82 Å². The minimum absolute atomic E-state index is 0.276. The van der Waals surface area contributed by atoms with Crippen molar-refractivity contribution >= 4 is 21.6 Å². The maximum absolute atomic E-state index is 5.69. The topological polar surface area (TPSA) is 85.8 Å². The number of nitrogens with zero attached hydrogens (tertiary/aromatic N) is 6. The molecule has 118 valence electrons. The first-order chi connectivity index (χ1) is 11.2. The molecule has 0 radical (unpaired) electrons. The van der Waals surface area contributed by atoms with Crippen molar-refractivity contribution in [3.05, 3.63) is 47.5 Å². The van der Waals surface area contributed by atoms with Gasteiger partial charge in [-0.1, -0.05) is 41.7 Å². The zero-order valence-corrected chi connectivity index (χ0v) is 13.6. The van der Waals surface area contributed by atoms with Gasteiger partial charge in [0.2, 0.25) is 10.3 Å². The number of nitrogen functional groups attached to an aromatic ring is 1. The molecule has 3 aromatic rings. The SMILES string of the molecule is C[C@H]1CN(c2nnc(N)s2)Cc2nnc(Cc3ccccc3)n21. The fraction of sp³-hybridized carbons (Fsp3) is 0.333. The molecule has 1 aromatic carbocycles. The monoisotopic (exact) mass is 327 g/mol. The van der Waals surface area contributed by atoms with Crippen LogP contribution in [0.4, 0.5) is 10.3 Å². The molecule has 0 spiro atoms. The predicted octanol–water partition coefficient (Wildman–Crippen LogP) is 1.88. The van der Waals surface area contributed by atoms with E-state index < -0.39 is 0 Å². The Morgan fingerprint density at radius 2 is 2.00 bits per heavy atom. The Kier molecular flexibility index (Phi) is 3.45. The third-order valence-electron chi connectivity index (χ3n) is 4.00. The van der Waals surface area contributed by atoms with Crippen molar-refractivity contribution in [2.45, 2.75) is 25.9 Å². The summed E-state index contributed by atoms with van der Waals surface area (Å²) in [6, 6.07) is 10.6. The number of fused-ring (bicyclic) bond motifs is 1. The van der Waals surface area contributed by atoms with Gasteiger partial charge in [0.05, 0.1) is 12.6 Å². The second-order valence-corrected chi connectivity index (χ2v) is 6.70. The normalized spacial score (nSPS) is 17.3. The fourth-order valence-electron chi connectivity index (χ4n) is 3.01. The molecule has 2 aromatic heterocycles. The third-order valence-corrected chi connectivity index (χ3v) is 4.81. The van der Waals surface area contributed by atoms with Crippen LogP contribution in [0.25, 0.3) is 0 Å². The summed E-state index contributed by atoms with van der Waals surface area (Å²) in [5, 5.41) is 18.1. The summed E-state index contributed by atoms with van der Waals surface area (Å²) >= 11 is 1.40. The van der Waals surface area contributed by atoms with Crippen molar-refractivity contribution in [3.63, 3.8) is 0 Å². The average Bonchev–Trinajstić information content (AvgIpc) is 3.15. The van der Waals surface area contributed by atoms with E-state index in [1.165, 1.54) is 16.9 Å². The molecule has 0 saturated heterocycles. The number of hydrogen-bond donors (Lipinski definition) is 1. The first-order valence-electron chi connectivity index (χ1n) is 7.51. The molecule has 0 bridgehead atoms. The molecule has 1 aliphatic rings. The lowest BCUT2D eigenvalue weighted by molar-refractivity contribution is 0.451. The highest BCUT2D eigenvalue weighted by Gasteiger charge is 2.28. The molecule has 0 aliphatic carbocycles. The number of benzene rings is 1. The van der Waals surface area contributed by atoms with Crippen LogP contribution >= 0.6 is 11.3 Å². The van der Waals surface area contributed by atoms with Gasteiger partial charge in [0, 0.05) is 13.0 Å². The Bertz CT molecular complexity index is 810. The molecule has 1 aliphatic heterocycles. The van der Waals surface area contributed by atoms with Crippen molar-refractivity contribution in [3.8, 4) is 0 Å². The summed E-state index contributed by atoms with van der Waals surface area (Å²) in [4.78, 5) is 2.16. The third kappa shape index (κ3) is 2.65. The van der Waals surface area contributed by atoms with E-state index in [4.69, 9.17) is 5.73 Å². The van der Waals surface area contributed by atoms with E-state index >= 15 is 0 Å². The largest absolute Gasteiger partial charge is 0.374 e. The van der Waals surface area contributed by atoms with Crippen LogP contribution in [0, 0.1) is 0 Å². The summed E-state index contributed by atoms with van der Waals surface area (Å²) in [6.45, 7) is 3.71. The van der Waals surface area contributed by atoms with Crippen LogP contribution in [0.15, 0.2) is 30.3 Å². The average molecular weight is 327 g/mol. The predicted molar refractivity (Wildman–Crippen MR) is 89.4 cm³/mol. The van der Waals surface area contributed by atoms with Gasteiger partial charge in [0.25, 0.3) is 0 Å². The smallest absolute Gasteiger partial charge is 0.210 e. The van der Waals surface area contributed by atoms with Crippen molar-refractivity contribution in [1.82, 2.24) is 25.0 Å². The minimum atomic E-state index is 0.276. The van der Waals surface area contributed by atoms with Crippen LogP contribution < -0.4 is 10.6 Å². The summed E-state index contributed by atoms with van der Waals surface area (Å²) < 4.78 is 2.24. The van der Waals surface area contributed by atoms with Crippen molar-refractivity contribution < 1.29 is 0 Å². The van der Waals surface area contributed by atoms with Gasteiger partial charge >= 0.3 is 0 Å². The molecule has 23 heavy (non-hydrogen) atoms. The van der Waals surface area contributed by atoms with Gasteiger partial charge in [-0.25, -0.2) is 0 Å². The van der Waals surface area contributed by atoms with E-state index in [-0.39, 0.29) is 6.04 Å². The Balaban J connectivity index is 1.61. The molecule has 2 N–H and O–H groups in total. The van der Waals surface area contributed by atoms with E-state index in [2.05, 4.69) is 48.9 Å². The Morgan fingerprint density at radius 1 is 1.17 bits per heavy atom. The van der Waals surface area contributed by atoms with E-state index in [9.17, 15) is 0 Å². The van der Waals surface area contributed by atoms with Gasteiger partial charge in [-0.2, -0.15) is 0 Å². The molecular formula is C15H17N7S. The van der Waals surface area contributed by atoms with E-state index in [0.717, 1.165) is 29.7 Å². The lowest BCUT2D eigenvalue weighted by Crippen LogP contribution is -2.37. The lowest BCUT2D eigenvalue weighted by atomic mass is 10.1. The van der Waals surface area contributed by atoms with Crippen LogP contribution in [0.2, 0.25) is 0 Å². The van der Waals surface area contributed by atoms with E-state index in [0.29, 0.717) is 11.7 Å². The summed E-state index contributed by atoms with van der Waals surface area (Å²) in [5.41, 5.74) is 6.93. The molecule has 1 atom stereocenters. The van der Waals surface area contributed by atoms with Crippen molar-refractivity contribution in [2.75, 3.05) is 17.2 Å². The summed E-state index contributed by atoms with van der Waals surface area (Å²) in [6.07, 6.45) is 0.796. The number of aromatic nitrogens is 5. The number of rotatable bonds is 3. The Labute approximate surface area is 137 Å². The lowest BCUT2D eigenvalue weighted by Gasteiger charge is -2.32. The second-order valence-electron chi connectivity index (χ2n) is 5.72.